The van der Waals surface area contributed by atoms with Crippen LogP contribution < -0.4 is 5.32 Å². The first-order chi connectivity index (χ1) is 25.7. The molecule has 4 nitrogen and oxygen atoms in total. The smallest absolute Gasteiger partial charge is 0.220 e. The zero-order valence-corrected chi connectivity index (χ0v) is 35.6. The van der Waals surface area contributed by atoms with Crippen LogP contribution in [0.15, 0.2) is 12.2 Å². The van der Waals surface area contributed by atoms with Gasteiger partial charge in [0.25, 0.3) is 0 Å². The summed E-state index contributed by atoms with van der Waals surface area (Å²) in [6, 6.07) is -0.536. The van der Waals surface area contributed by atoms with Crippen LogP contribution in [-0.2, 0) is 4.79 Å². The molecule has 52 heavy (non-hydrogen) atoms. The third-order valence-electron chi connectivity index (χ3n) is 11.3. The summed E-state index contributed by atoms with van der Waals surface area (Å²) in [6.07, 6.45) is 56.2. The van der Waals surface area contributed by atoms with Crippen LogP contribution >= 0.6 is 0 Å². The maximum Gasteiger partial charge on any atom is 0.220 e. The monoisotopic (exact) mass is 734 g/mol. The van der Waals surface area contributed by atoms with E-state index in [1.54, 1.807) is 0 Å². The Morgan fingerprint density at radius 1 is 0.442 bits per heavy atom. The summed E-state index contributed by atoms with van der Waals surface area (Å²) >= 11 is 0. The molecular weight excluding hydrogens is 639 g/mol. The molecule has 2 atom stereocenters. The van der Waals surface area contributed by atoms with Gasteiger partial charge in [0.05, 0.1) is 18.8 Å². The van der Waals surface area contributed by atoms with Crippen molar-refractivity contribution in [2.75, 3.05) is 6.61 Å². The molecule has 0 bridgehead atoms. The van der Waals surface area contributed by atoms with Crippen LogP contribution in [0.1, 0.15) is 271 Å². The fourth-order valence-corrected chi connectivity index (χ4v) is 7.60. The highest BCUT2D eigenvalue weighted by Crippen LogP contribution is 2.17. The Morgan fingerprint density at radius 2 is 0.769 bits per heavy atom. The zero-order valence-electron chi connectivity index (χ0n) is 35.6. The van der Waals surface area contributed by atoms with E-state index < -0.39 is 12.1 Å². The summed E-state index contributed by atoms with van der Waals surface area (Å²) in [7, 11) is 0. The van der Waals surface area contributed by atoms with Gasteiger partial charge in [-0.25, -0.2) is 0 Å². The number of rotatable bonds is 44. The molecule has 0 heterocycles. The standard InChI is InChI=1S/C48H95NO3/c1-3-5-7-9-11-13-15-16-17-18-19-20-21-22-23-24-25-26-27-28-29-30-31-32-33-34-35-37-39-41-43-47(51)46(45-50)49-48(52)44-42-40-38-36-14-12-10-8-6-4-2/h8,10,46-47,50-51H,3-7,9,11-45H2,1-2H3,(H,49,52)/b10-8-. The summed E-state index contributed by atoms with van der Waals surface area (Å²) in [5.41, 5.74) is 0. The molecule has 0 aliphatic carbocycles. The Morgan fingerprint density at radius 3 is 1.13 bits per heavy atom. The van der Waals surface area contributed by atoms with Gasteiger partial charge in [-0.05, 0) is 32.1 Å². The van der Waals surface area contributed by atoms with Crippen molar-refractivity contribution in [2.45, 2.75) is 283 Å². The van der Waals surface area contributed by atoms with Gasteiger partial charge in [-0.2, -0.15) is 0 Å². The van der Waals surface area contributed by atoms with Crippen LogP contribution in [0.5, 0.6) is 0 Å². The molecule has 0 aromatic carbocycles. The summed E-state index contributed by atoms with van der Waals surface area (Å²) in [5.74, 6) is -0.0404. The van der Waals surface area contributed by atoms with E-state index in [-0.39, 0.29) is 12.5 Å². The molecule has 0 saturated carbocycles. The lowest BCUT2D eigenvalue weighted by molar-refractivity contribution is -0.123. The number of hydrogen-bond donors (Lipinski definition) is 3. The lowest BCUT2D eigenvalue weighted by Crippen LogP contribution is -2.45. The second kappa shape index (κ2) is 44.5. The third-order valence-corrected chi connectivity index (χ3v) is 11.3. The Hall–Kier alpha value is -0.870. The molecule has 310 valence electrons. The van der Waals surface area contributed by atoms with Gasteiger partial charge in [0, 0.05) is 6.42 Å². The summed E-state index contributed by atoms with van der Waals surface area (Å²) in [5, 5.41) is 23.1. The maximum atomic E-state index is 12.3. The quantitative estimate of drug-likeness (QED) is 0.0431. The lowest BCUT2D eigenvalue weighted by Gasteiger charge is -2.22. The van der Waals surface area contributed by atoms with Crippen molar-refractivity contribution in [3.63, 3.8) is 0 Å². The van der Waals surface area contributed by atoms with Gasteiger partial charge in [-0.1, -0.05) is 244 Å². The predicted octanol–water partition coefficient (Wildman–Crippen LogP) is 15.0. The average Bonchev–Trinajstić information content (AvgIpc) is 3.15. The van der Waals surface area contributed by atoms with E-state index in [4.69, 9.17) is 0 Å². The van der Waals surface area contributed by atoms with Crippen LogP contribution in [0.3, 0.4) is 0 Å². The Balaban J connectivity index is 3.36. The molecule has 0 spiro atoms. The van der Waals surface area contributed by atoms with E-state index in [0.717, 1.165) is 32.1 Å². The zero-order chi connectivity index (χ0) is 37.8. The van der Waals surface area contributed by atoms with Crippen molar-refractivity contribution in [3.05, 3.63) is 12.2 Å². The topological polar surface area (TPSA) is 69.6 Å². The Bertz CT molecular complexity index is 710. The first-order valence-electron chi connectivity index (χ1n) is 23.9. The van der Waals surface area contributed by atoms with Gasteiger partial charge in [0.1, 0.15) is 0 Å². The molecule has 1 amide bonds. The van der Waals surface area contributed by atoms with Gasteiger partial charge < -0.3 is 15.5 Å². The molecule has 0 aliphatic heterocycles. The molecule has 0 fully saturated rings. The second-order valence-electron chi connectivity index (χ2n) is 16.5. The van der Waals surface area contributed by atoms with E-state index in [9.17, 15) is 15.0 Å². The fraction of sp³-hybridized carbons (Fsp3) is 0.938. The largest absolute Gasteiger partial charge is 0.394 e. The SMILES string of the molecule is CCC/C=C\CCCCCCCC(=O)NC(CO)C(O)CCCCCCCCCCCCCCCCCCCCCCCCCCCCCCCC. The average molecular weight is 734 g/mol. The minimum Gasteiger partial charge on any atom is -0.394 e. The number of carbonyl (C=O) groups excluding carboxylic acids is 1. The molecule has 0 aromatic heterocycles. The fourth-order valence-electron chi connectivity index (χ4n) is 7.60. The number of allylic oxidation sites excluding steroid dienone is 2. The van der Waals surface area contributed by atoms with Crippen LogP contribution in [0, 0.1) is 0 Å². The van der Waals surface area contributed by atoms with Gasteiger partial charge in [0.15, 0.2) is 0 Å². The second-order valence-corrected chi connectivity index (χ2v) is 16.5. The predicted molar refractivity (Wildman–Crippen MR) is 230 cm³/mol. The Labute approximate surface area is 327 Å². The van der Waals surface area contributed by atoms with Crippen molar-refractivity contribution in [1.82, 2.24) is 5.32 Å². The Kier molecular flexibility index (Phi) is 43.8. The van der Waals surface area contributed by atoms with E-state index in [2.05, 4.69) is 31.3 Å². The van der Waals surface area contributed by atoms with Crippen LogP contribution in [0.4, 0.5) is 0 Å². The molecule has 0 radical (unpaired) electrons. The highest BCUT2D eigenvalue weighted by molar-refractivity contribution is 5.76. The summed E-state index contributed by atoms with van der Waals surface area (Å²) in [4.78, 5) is 12.3. The number of aliphatic hydroxyl groups is 2. The van der Waals surface area contributed by atoms with Gasteiger partial charge in [-0.15, -0.1) is 0 Å². The first-order valence-corrected chi connectivity index (χ1v) is 23.9. The minimum atomic E-state index is -0.659. The highest BCUT2D eigenvalue weighted by atomic mass is 16.3. The lowest BCUT2D eigenvalue weighted by atomic mass is 10.0. The molecule has 2 unspecified atom stereocenters. The number of hydrogen-bond acceptors (Lipinski definition) is 3. The molecule has 0 saturated heterocycles. The van der Waals surface area contributed by atoms with E-state index >= 15 is 0 Å². The highest BCUT2D eigenvalue weighted by Gasteiger charge is 2.20. The van der Waals surface area contributed by atoms with E-state index in [1.807, 2.05) is 0 Å². The van der Waals surface area contributed by atoms with Crippen LogP contribution in [-0.4, -0.2) is 34.9 Å². The minimum absolute atomic E-state index is 0.0404. The molecule has 4 heteroatoms. The summed E-state index contributed by atoms with van der Waals surface area (Å²) < 4.78 is 0. The molecule has 0 rings (SSSR count). The number of unbranched alkanes of at least 4 members (excludes halogenated alkanes) is 35. The number of amides is 1. The van der Waals surface area contributed by atoms with Crippen LogP contribution in [0.25, 0.3) is 0 Å². The normalized spacial score (nSPS) is 12.9. The van der Waals surface area contributed by atoms with Gasteiger partial charge in [0.2, 0.25) is 5.91 Å². The number of nitrogens with one attached hydrogen (secondary N) is 1. The summed E-state index contributed by atoms with van der Waals surface area (Å²) in [6.45, 7) is 4.31. The third kappa shape index (κ3) is 40.3. The molecule has 0 aromatic rings. The van der Waals surface area contributed by atoms with Crippen LogP contribution in [0.2, 0.25) is 0 Å². The molecule has 0 aliphatic rings. The van der Waals surface area contributed by atoms with Crippen molar-refractivity contribution in [2.24, 2.45) is 0 Å². The molecular formula is C48H95NO3. The van der Waals surface area contributed by atoms with E-state index in [1.165, 1.54) is 212 Å². The van der Waals surface area contributed by atoms with Crippen molar-refractivity contribution >= 4 is 5.91 Å². The maximum absolute atomic E-state index is 12.3. The van der Waals surface area contributed by atoms with E-state index in [0.29, 0.717) is 12.8 Å². The first kappa shape index (κ1) is 51.1. The van der Waals surface area contributed by atoms with Gasteiger partial charge >= 0.3 is 0 Å². The van der Waals surface area contributed by atoms with Crippen molar-refractivity contribution in [3.8, 4) is 0 Å². The van der Waals surface area contributed by atoms with Crippen molar-refractivity contribution in [1.29, 1.82) is 0 Å². The number of aliphatic hydroxyl groups excluding tert-OH is 2. The van der Waals surface area contributed by atoms with Crippen molar-refractivity contribution < 1.29 is 15.0 Å². The molecule has 3 N–H and O–H groups in total. The van der Waals surface area contributed by atoms with Gasteiger partial charge in [-0.3, -0.25) is 4.79 Å². The number of carbonyl (C=O) groups is 1.